The summed E-state index contributed by atoms with van der Waals surface area (Å²) in [6, 6.07) is 20.1. The summed E-state index contributed by atoms with van der Waals surface area (Å²) in [5.41, 5.74) is 2.35. The van der Waals surface area contributed by atoms with Crippen LogP contribution in [-0.2, 0) is 11.4 Å². The van der Waals surface area contributed by atoms with Crippen LogP contribution in [0.4, 0.5) is 5.69 Å². The van der Waals surface area contributed by atoms with Crippen molar-refractivity contribution >= 4 is 17.7 Å². The molecule has 4 rings (SSSR count). The molecule has 0 atom stereocenters. The second-order valence-electron chi connectivity index (χ2n) is 8.28. The number of ether oxygens (including phenoxy) is 3. The molecule has 0 bridgehead atoms. The monoisotopic (exact) mass is 474 g/mol. The van der Waals surface area contributed by atoms with E-state index in [4.69, 9.17) is 14.2 Å². The van der Waals surface area contributed by atoms with Crippen molar-refractivity contribution < 1.29 is 24.1 Å². The summed E-state index contributed by atoms with van der Waals surface area (Å²) in [6.45, 7) is 2.37. The van der Waals surface area contributed by atoms with Gasteiger partial charge >= 0.3 is 0 Å². The van der Waals surface area contributed by atoms with E-state index in [0.29, 0.717) is 18.0 Å². The van der Waals surface area contributed by atoms with Crippen LogP contribution < -0.4 is 24.8 Å². The van der Waals surface area contributed by atoms with E-state index < -0.39 is 0 Å². The Morgan fingerprint density at radius 1 is 1.06 bits per heavy atom. The number of benzene rings is 3. The summed E-state index contributed by atoms with van der Waals surface area (Å²) in [5.74, 6) is 1.75. The van der Waals surface area contributed by atoms with Crippen LogP contribution in [0, 0.1) is 0 Å². The molecule has 0 radical (unpaired) electrons. The van der Waals surface area contributed by atoms with Crippen molar-refractivity contribution in [3.05, 3.63) is 83.9 Å². The summed E-state index contributed by atoms with van der Waals surface area (Å²) < 4.78 is 17.0. The molecule has 0 aromatic heterocycles. The molecule has 1 amide bonds. The number of methoxy groups -OCH3 is 1. The van der Waals surface area contributed by atoms with Crippen molar-refractivity contribution in [1.29, 1.82) is 0 Å². The summed E-state index contributed by atoms with van der Waals surface area (Å²) in [5, 5.41) is 15.9. The highest BCUT2D eigenvalue weighted by molar-refractivity contribution is 6.02. The first kappa shape index (κ1) is 24.2. The molecule has 0 aliphatic carbocycles. The van der Waals surface area contributed by atoms with Crippen molar-refractivity contribution in [2.45, 2.75) is 25.6 Å². The standard InChI is InChI=1S/C28H30N2O5/c1-33-27-18-20(5-11-26(27)31)6-12-28(32)30-22-4-2-3-21(17-22)19-34-23-7-9-24(10-8-23)35-25-13-15-29-16-14-25/h2-12,17-18,25,29,31H,13-16,19H2,1H3,(H,30,32). The maximum Gasteiger partial charge on any atom is 0.248 e. The molecule has 0 unspecified atom stereocenters. The van der Waals surface area contributed by atoms with Gasteiger partial charge in [-0.05, 0) is 91.7 Å². The number of aromatic hydroxyl groups is 1. The average Bonchev–Trinajstić information content (AvgIpc) is 2.88. The Hall–Kier alpha value is -3.97. The lowest BCUT2D eigenvalue weighted by Crippen LogP contribution is -2.34. The minimum absolute atomic E-state index is 0.0506. The molecule has 3 aromatic rings. The van der Waals surface area contributed by atoms with Gasteiger partial charge in [-0.3, -0.25) is 4.79 Å². The number of amides is 1. The number of phenols is 1. The first-order chi connectivity index (χ1) is 17.1. The summed E-state index contributed by atoms with van der Waals surface area (Å²) in [7, 11) is 1.48. The van der Waals surface area contributed by atoms with Gasteiger partial charge in [0.2, 0.25) is 5.91 Å². The number of hydrogen-bond donors (Lipinski definition) is 3. The van der Waals surface area contributed by atoms with E-state index in [-0.39, 0.29) is 17.8 Å². The van der Waals surface area contributed by atoms with Crippen molar-refractivity contribution in [2.24, 2.45) is 0 Å². The fraction of sp³-hybridized carbons (Fsp3) is 0.250. The number of carbonyl (C=O) groups excluding carboxylic acids is 1. The van der Waals surface area contributed by atoms with Crippen molar-refractivity contribution in [1.82, 2.24) is 5.32 Å². The smallest absolute Gasteiger partial charge is 0.248 e. The number of hydrogen-bond acceptors (Lipinski definition) is 6. The fourth-order valence-corrected chi connectivity index (χ4v) is 3.78. The van der Waals surface area contributed by atoms with Gasteiger partial charge in [0, 0.05) is 11.8 Å². The lowest BCUT2D eigenvalue weighted by Gasteiger charge is -2.23. The predicted octanol–water partition coefficient (Wildman–Crippen LogP) is 4.76. The normalized spacial score (nSPS) is 14.0. The molecule has 35 heavy (non-hydrogen) atoms. The number of carbonyl (C=O) groups is 1. The topological polar surface area (TPSA) is 89.1 Å². The Labute approximate surface area is 205 Å². The highest BCUT2D eigenvalue weighted by Crippen LogP contribution is 2.27. The molecule has 0 saturated carbocycles. The Kier molecular flexibility index (Phi) is 8.25. The largest absolute Gasteiger partial charge is 0.504 e. The third-order valence-electron chi connectivity index (χ3n) is 5.64. The lowest BCUT2D eigenvalue weighted by molar-refractivity contribution is -0.111. The zero-order valence-electron chi connectivity index (χ0n) is 19.7. The maximum atomic E-state index is 12.3. The molecule has 1 saturated heterocycles. The third-order valence-corrected chi connectivity index (χ3v) is 5.64. The number of nitrogens with one attached hydrogen (secondary N) is 2. The summed E-state index contributed by atoms with van der Waals surface area (Å²) >= 11 is 0. The number of anilines is 1. The molecule has 3 N–H and O–H groups in total. The van der Waals surface area contributed by atoms with Crippen LogP contribution in [0.25, 0.3) is 6.08 Å². The van der Waals surface area contributed by atoms with Gasteiger partial charge in [0.05, 0.1) is 7.11 Å². The molecule has 3 aromatic carbocycles. The molecule has 1 heterocycles. The Morgan fingerprint density at radius 2 is 1.83 bits per heavy atom. The van der Waals surface area contributed by atoms with Gasteiger partial charge in [0.25, 0.3) is 0 Å². The van der Waals surface area contributed by atoms with Crippen LogP contribution in [0.5, 0.6) is 23.0 Å². The number of phenolic OH excluding ortho intramolecular Hbond substituents is 1. The summed E-state index contributed by atoms with van der Waals surface area (Å²) in [6.07, 6.45) is 5.39. The molecule has 1 aliphatic rings. The lowest BCUT2D eigenvalue weighted by atomic mass is 10.1. The fourth-order valence-electron chi connectivity index (χ4n) is 3.78. The number of piperidine rings is 1. The molecule has 7 heteroatoms. The first-order valence-corrected chi connectivity index (χ1v) is 11.6. The van der Waals surface area contributed by atoms with Crippen LogP contribution in [0.15, 0.2) is 72.8 Å². The van der Waals surface area contributed by atoms with Crippen LogP contribution in [0.2, 0.25) is 0 Å². The van der Waals surface area contributed by atoms with Crippen molar-refractivity contribution in [3.8, 4) is 23.0 Å². The molecule has 1 aliphatic heterocycles. The number of rotatable bonds is 9. The minimum Gasteiger partial charge on any atom is -0.504 e. The van der Waals surface area contributed by atoms with Crippen LogP contribution in [0.3, 0.4) is 0 Å². The Morgan fingerprint density at radius 3 is 2.60 bits per heavy atom. The van der Waals surface area contributed by atoms with Gasteiger partial charge in [0.15, 0.2) is 11.5 Å². The molecular weight excluding hydrogens is 444 g/mol. The highest BCUT2D eigenvalue weighted by atomic mass is 16.5. The molecular formula is C28H30N2O5. The van der Waals surface area contributed by atoms with Crippen LogP contribution in [-0.4, -0.2) is 37.3 Å². The maximum absolute atomic E-state index is 12.3. The highest BCUT2D eigenvalue weighted by Gasteiger charge is 2.14. The van der Waals surface area contributed by atoms with E-state index in [1.165, 1.54) is 19.3 Å². The second-order valence-corrected chi connectivity index (χ2v) is 8.28. The van der Waals surface area contributed by atoms with E-state index in [0.717, 1.165) is 48.6 Å². The third kappa shape index (κ3) is 7.25. The van der Waals surface area contributed by atoms with E-state index >= 15 is 0 Å². The van der Waals surface area contributed by atoms with Gasteiger partial charge in [0.1, 0.15) is 24.2 Å². The van der Waals surface area contributed by atoms with E-state index in [9.17, 15) is 9.90 Å². The zero-order valence-corrected chi connectivity index (χ0v) is 19.7. The van der Waals surface area contributed by atoms with E-state index in [2.05, 4.69) is 10.6 Å². The van der Waals surface area contributed by atoms with Gasteiger partial charge in [-0.2, -0.15) is 0 Å². The first-order valence-electron chi connectivity index (χ1n) is 11.6. The van der Waals surface area contributed by atoms with Gasteiger partial charge in [-0.25, -0.2) is 0 Å². The molecule has 1 fully saturated rings. The van der Waals surface area contributed by atoms with Crippen LogP contribution in [0.1, 0.15) is 24.0 Å². The van der Waals surface area contributed by atoms with Crippen molar-refractivity contribution in [3.63, 3.8) is 0 Å². The van der Waals surface area contributed by atoms with Gasteiger partial charge in [-0.15, -0.1) is 0 Å². The Bertz CT molecular complexity index is 1150. The van der Waals surface area contributed by atoms with Crippen molar-refractivity contribution in [2.75, 3.05) is 25.5 Å². The Balaban J connectivity index is 1.28. The van der Waals surface area contributed by atoms with Crippen LogP contribution >= 0.6 is 0 Å². The quantitative estimate of drug-likeness (QED) is 0.388. The minimum atomic E-state index is -0.264. The average molecular weight is 475 g/mol. The second kappa shape index (κ2) is 11.9. The molecule has 7 nitrogen and oxygen atoms in total. The van der Waals surface area contributed by atoms with Gasteiger partial charge < -0.3 is 30.0 Å². The SMILES string of the molecule is COc1cc(C=CC(=O)Nc2cccc(COc3ccc(OC4CCNCC4)cc3)c2)ccc1O. The molecule has 182 valence electrons. The van der Waals surface area contributed by atoms with E-state index in [1.807, 2.05) is 48.5 Å². The predicted molar refractivity (Wildman–Crippen MR) is 136 cm³/mol. The van der Waals surface area contributed by atoms with Gasteiger partial charge in [-0.1, -0.05) is 18.2 Å². The summed E-state index contributed by atoms with van der Waals surface area (Å²) in [4.78, 5) is 12.3. The van der Waals surface area contributed by atoms with E-state index in [1.54, 1.807) is 18.2 Å². The molecule has 0 spiro atoms. The zero-order chi connectivity index (χ0) is 24.5.